The number of nitrogens with zero attached hydrogens (tertiary/aromatic N) is 1. The second-order valence-corrected chi connectivity index (χ2v) is 4.41. The van der Waals surface area contributed by atoms with Gasteiger partial charge in [-0.1, -0.05) is 5.92 Å². The SMILES string of the molecule is CC(C)N=C(C#CC1CC1)NC(C)C. The molecule has 0 aromatic carbocycles. The van der Waals surface area contributed by atoms with E-state index in [2.05, 4.69) is 49.8 Å². The van der Waals surface area contributed by atoms with Crippen molar-refractivity contribution in [3.05, 3.63) is 0 Å². The zero-order valence-corrected chi connectivity index (χ0v) is 9.59. The third-order valence-corrected chi connectivity index (χ3v) is 1.78. The monoisotopic (exact) mass is 192 g/mol. The van der Waals surface area contributed by atoms with Gasteiger partial charge in [0, 0.05) is 18.0 Å². The Balaban J connectivity index is 2.56. The molecule has 0 saturated heterocycles. The summed E-state index contributed by atoms with van der Waals surface area (Å²) in [6.07, 6.45) is 2.53. The van der Waals surface area contributed by atoms with E-state index in [0.717, 1.165) is 5.84 Å². The summed E-state index contributed by atoms with van der Waals surface area (Å²) in [5.74, 6) is 7.85. The molecule has 0 heterocycles. The molecule has 0 amide bonds. The van der Waals surface area contributed by atoms with Gasteiger partial charge < -0.3 is 5.32 Å². The highest BCUT2D eigenvalue weighted by atomic mass is 15.0. The zero-order chi connectivity index (χ0) is 10.6. The minimum atomic E-state index is 0.310. The van der Waals surface area contributed by atoms with E-state index < -0.39 is 0 Å². The van der Waals surface area contributed by atoms with Gasteiger partial charge in [-0.05, 0) is 46.5 Å². The van der Waals surface area contributed by atoms with Crippen molar-refractivity contribution < 1.29 is 0 Å². The number of hydrogen-bond donors (Lipinski definition) is 1. The lowest BCUT2D eigenvalue weighted by Crippen LogP contribution is -2.30. The Morgan fingerprint density at radius 2 is 1.93 bits per heavy atom. The lowest BCUT2D eigenvalue weighted by Gasteiger charge is -2.09. The minimum Gasteiger partial charge on any atom is -0.361 e. The first kappa shape index (κ1) is 11.1. The topological polar surface area (TPSA) is 24.4 Å². The lowest BCUT2D eigenvalue weighted by molar-refractivity contribution is 0.723. The van der Waals surface area contributed by atoms with E-state index in [-0.39, 0.29) is 0 Å². The molecule has 0 unspecified atom stereocenters. The van der Waals surface area contributed by atoms with E-state index in [0.29, 0.717) is 18.0 Å². The first-order valence-electron chi connectivity index (χ1n) is 5.44. The average molecular weight is 192 g/mol. The normalized spacial score (nSPS) is 16.9. The van der Waals surface area contributed by atoms with E-state index in [4.69, 9.17) is 0 Å². The Morgan fingerprint density at radius 1 is 1.29 bits per heavy atom. The van der Waals surface area contributed by atoms with Crippen molar-refractivity contribution in [2.45, 2.75) is 52.6 Å². The third kappa shape index (κ3) is 4.91. The fourth-order valence-electron chi connectivity index (χ4n) is 1.04. The van der Waals surface area contributed by atoms with Crippen LogP contribution in [0.2, 0.25) is 0 Å². The third-order valence-electron chi connectivity index (χ3n) is 1.78. The molecule has 1 aliphatic rings. The van der Waals surface area contributed by atoms with E-state index in [1.54, 1.807) is 0 Å². The molecular weight excluding hydrogens is 172 g/mol. The van der Waals surface area contributed by atoms with E-state index in [9.17, 15) is 0 Å². The molecule has 0 bridgehead atoms. The summed E-state index contributed by atoms with van der Waals surface area (Å²) in [6, 6.07) is 0.714. The summed E-state index contributed by atoms with van der Waals surface area (Å²) in [5, 5.41) is 3.27. The van der Waals surface area contributed by atoms with Gasteiger partial charge in [-0.3, -0.25) is 4.99 Å². The predicted octanol–water partition coefficient (Wildman–Crippen LogP) is 2.20. The second kappa shape index (κ2) is 5.05. The van der Waals surface area contributed by atoms with E-state index >= 15 is 0 Å². The second-order valence-electron chi connectivity index (χ2n) is 4.41. The van der Waals surface area contributed by atoms with Gasteiger partial charge in [-0.25, -0.2) is 0 Å². The molecular formula is C12H20N2. The van der Waals surface area contributed by atoms with Gasteiger partial charge in [0.25, 0.3) is 0 Å². The Hall–Kier alpha value is -0.970. The highest BCUT2D eigenvalue weighted by molar-refractivity contribution is 5.98. The number of hydrogen-bond acceptors (Lipinski definition) is 1. The Labute approximate surface area is 87.2 Å². The van der Waals surface area contributed by atoms with Crippen LogP contribution in [0.3, 0.4) is 0 Å². The van der Waals surface area contributed by atoms with E-state index in [1.807, 2.05) is 0 Å². The average Bonchev–Trinajstić information content (AvgIpc) is 2.80. The van der Waals surface area contributed by atoms with Crippen LogP contribution in [-0.2, 0) is 0 Å². The van der Waals surface area contributed by atoms with Crippen LogP contribution in [0.5, 0.6) is 0 Å². The maximum absolute atomic E-state index is 4.45. The van der Waals surface area contributed by atoms with Gasteiger partial charge in [0.1, 0.15) is 0 Å². The van der Waals surface area contributed by atoms with Crippen molar-refractivity contribution in [2.75, 3.05) is 0 Å². The van der Waals surface area contributed by atoms with E-state index in [1.165, 1.54) is 12.8 Å². The van der Waals surface area contributed by atoms with Gasteiger partial charge in [0.15, 0.2) is 5.84 Å². The number of nitrogens with one attached hydrogen (secondary N) is 1. The molecule has 1 rings (SSSR count). The fraction of sp³-hybridized carbons (Fsp3) is 0.750. The van der Waals surface area contributed by atoms with Gasteiger partial charge in [0.2, 0.25) is 0 Å². The summed E-state index contributed by atoms with van der Waals surface area (Å²) >= 11 is 0. The molecule has 1 saturated carbocycles. The molecule has 0 atom stereocenters. The Bertz CT molecular complexity index is 262. The molecule has 1 aliphatic carbocycles. The Morgan fingerprint density at radius 3 is 2.36 bits per heavy atom. The number of aliphatic imine (C=N–C) groups is 1. The van der Waals surface area contributed by atoms with Crippen LogP contribution in [0.25, 0.3) is 0 Å². The predicted molar refractivity (Wildman–Crippen MR) is 61.3 cm³/mol. The fourth-order valence-corrected chi connectivity index (χ4v) is 1.04. The van der Waals surface area contributed by atoms with Crippen molar-refractivity contribution >= 4 is 5.84 Å². The number of rotatable bonds is 2. The van der Waals surface area contributed by atoms with Crippen LogP contribution < -0.4 is 5.32 Å². The van der Waals surface area contributed by atoms with Gasteiger partial charge in [0.05, 0.1) is 0 Å². The molecule has 2 nitrogen and oxygen atoms in total. The molecule has 14 heavy (non-hydrogen) atoms. The van der Waals surface area contributed by atoms with Crippen LogP contribution >= 0.6 is 0 Å². The number of amidine groups is 1. The van der Waals surface area contributed by atoms with Crippen LogP contribution in [0.1, 0.15) is 40.5 Å². The molecule has 78 valence electrons. The summed E-state index contributed by atoms with van der Waals surface area (Å²) in [4.78, 5) is 4.45. The standard InChI is InChI=1S/C12H20N2/c1-9(2)13-12(14-10(3)4)8-7-11-5-6-11/h9-11H,5-6H2,1-4H3,(H,13,14). The quantitative estimate of drug-likeness (QED) is 0.405. The van der Waals surface area contributed by atoms with Crippen LogP contribution in [0.15, 0.2) is 4.99 Å². The van der Waals surface area contributed by atoms with Crippen molar-refractivity contribution in [1.29, 1.82) is 0 Å². The summed E-state index contributed by atoms with van der Waals surface area (Å²) in [5.41, 5.74) is 0. The maximum Gasteiger partial charge on any atom is 0.174 e. The molecule has 0 aliphatic heterocycles. The van der Waals surface area contributed by atoms with Gasteiger partial charge >= 0.3 is 0 Å². The highest BCUT2D eigenvalue weighted by Crippen LogP contribution is 2.27. The molecule has 0 spiro atoms. The van der Waals surface area contributed by atoms with Crippen molar-refractivity contribution in [3.63, 3.8) is 0 Å². The minimum absolute atomic E-state index is 0.310. The first-order chi connectivity index (χ1) is 6.58. The van der Waals surface area contributed by atoms with Gasteiger partial charge in [-0.15, -0.1) is 0 Å². The highest BCUT2D eigenvalue weighted by Gasteiger charge is 2.17. The molecule has 0 aromatic heterocycles. The van der Waals surface area contributed by atoms with Crippen LogP contribution in [-0.4, -0.2) is 17.9 Å². The maximum atomic E-state index is 4.45. The van der Waals surface area contributed by atoms with Crippen molar-refractivity contribution in [2.24, 2.45) is 10.9 Å². The molecule has 0 radical (unpaired) electrons. The summed E-state index contributed by atoms with van der Waals surface area (Å²) < 4.78 is 0. The molecule has 1 N–H and O–H groups in total. The lowest BCUT2D eigenvalue weighted by atomic mass is 10.3. The smallest absolute Gasteiger partial charge is 0.174 e. The van der Waals surface area contributed by atoms with Crippen LogP contribution in [0, 0.1) is 17.8 Å². The zero-order valence-electron chi connectivity index (χ0n) is 9.59. The largest absolute Gasteiger partial charge is 0.361 e. The van der Waals surface area contributed by atoms with Crippen molar-refractivity contribution in [3.8, 4) is 11.8 Å². The summed E-state index contributed by atoms with van der Waals surface area (Å²) in [7, 11) is 0. The Kier molecular flexibility index (Phi) is 4.00. The first-order valence-corrected chi connectivity index (χ1v) is 5.44. The summed E-state index contributed by atoms with van der Waals surface area (Å²) in [6.45, 7) is 8.35. The molecule has 1 fully saturated rings. The molecule has 0 aromatic rings. The van der Waals surface area contributed by atoms with Crippen LogP contribution in [0.4, 0.5) is 0 Å². The van der Waals surface area contributed by atoms with Crippen molar-refractivity contribution in [1.82, 2.24) is 5.32 Å². The molecule has 2 heteroatoms. The van der Waals surface area contributed by atoms with Gasteiger partial charge in [-0.2, -0.15) is 0 Å².